The first kappa shape index (κ1) is 11.8. The molecule has 5 nitrogen and oxygen atoms in total. The smallest absolute Gasteiger partial charge is 0.306 e. The fraction of sp³-hybridized carbons (Fsp3) is 0.583. The van der Waals surface area contributed by atoms with Crippen molar-refractivity contribution in [3.63, 3.8) is 0 Å². The molecule has 0 radical (unpaired) electrons. The molecule has 0 unspecified atom stereocenters. The highest BCUT2D eigenvalue weighted by molar-refractivity contribution is 5.71. The molecule has 2 N–H and O–H groups in total. The van der Waals surface area contributed by atoms with Gasteiger partial charge in [-0.25, -0.2) is 9.97 Å². The van der Waals surface area contributed by atoms with E-state index >= 15 is 0 Å². The van der Waals surface area contributed by atoms with Crippen molar-refractivity contribution in [2.45, 2.75) is 38.6 Å². The van der Waals surface area contributed by atoms with Crippen molar-refractivity contribution in [3.05, 3.63) is 18.0 Å². The summed E-state index contributed by atoms with van der Waals surface area (Å²) >= 11 is 0. The Morgan fingerprint density at radius 1 is 1.47 bits per heavy atom. The summed E-state index contributed by atoms with van der Waals surface area (Å²) in [6, 6.07) is 0.202. The van der Waals surface area contributed by atoms with E-state index in [1.807, 2.05) is 12.4 Å². The van der Waals surface area contributed by atoms with E-state index in [9.17, 15) is 4.79 Å². The maximum Gasteiger partial charge on any atom is 0.306 e. The van der Waals surface area contributed by atoms with Gasteiger partial charge in [0.2, 0.25) is 5.95 Å². The molecule has 0 aliphatic heterocycles. The van der Waals surface area contributed by atoms with Crippen LogP contribution in [0.2, 0.25) is 0 Å². The summed E-state index contributed by atoms with van der Waals surface area (Å²) in [5.74, 6) is -0.312. The van der Waals surface area contributed by atoms with Gasteiger partial charge < -0.3 is 10.4 Å². The van der Waals surface area contributed by atoms with Gasteiger partial charge in [0.15, 0.2) is 0 Å². The molecule has 1 heterocycles. The van der Waals surface area contributed by atoms with Crippen LogP contribution >= 0.6 is 0 Å². The summed E-state index contributed by atoms with van der Waals surface area (Å²) in [6.07, 6.45) is 7.05. The Morgan fingerprint density at radius 3 is 2.65 bits per heavy atom. The van der Waals surface area contributed by atoms with Gasteiger partial charge in [0, 0.05) is 18.4 Å². The average Bonchev–Trinajstić information content (AvgIpc) is 2.25. The van der Waals surface area contributed by atoms with Crippen LogP contribution in [0.15, 0.2) is 12.4 Å². The minimum Gasteiger partial charge on any atom is -0.481 e. The van der Waals surface area contributed by atoms with E-state index in [1.165, 1.54) is 0 Å². The molecule has 1 aliphatic carbocycles. The Labute approximate surface area is 100 Å². The van der Waals surface area contributed by atoms with Crippen molar-refractivity contribution >= 4 is 11.9 Å². The summed E-state index contributed by atoms with van der Waals surface area (Å²) < 4.78 is 0. The minimum atomic E-state index is -0.706. The summed E-state index contributed by atoms with van der Waals surface area (Å²) in [5.41, 5.74) is 1.13. The molecule has 0 bridgehead atoms. The molecule has 17 heavy (non-hydrogen) atoms. The third-order valence-corrected chi connectivity index (χ3v) is 3.06. The molecule has 0 spiro atoms. The zero-order chi connectivity index (χ0) is 12.3. The van der Waals surface area contributed by atoms with E-state index < -0.39 is 5.97 Å². The third kappa shape index (κ3) is 2.93. The summed E-state index contributed by atoms with van der Waals surface area (Å²) in [7, 11) is 0. The highest BCUT2D eigenvalue weighted by Gasteiger charge is 2.34. The van der Waals surface area contributed by atoms with Crippen molar-refractivity contribution in [3.8, 4) is 0 Å². The highest BCUT2D eigenvalue weighted by atomic mass is 16.4. The lowest BCUT2D eigenvalue weighted by Crippen LogP contribution is -2.39. The van der Waals surface area contributed by atoms with Crippen LogP contribution < -0.4 is 5.32 Å². The number of aliphatic carboxylic acids is 1. The van der Waals surface area contributed by atoms with Crippen molar-refractivity contribution in [2.24, 2.45) is 5.92 Å². The summed E-state index contributed by atoms with van der Waals surface area (Å²) in [5, 5.41) is 11.9. The minimum absolute atomic E-state index is 0.202. The number of carboxylic acid groups (broad SMARTS) is 1. The van der Waals surface area contributed by atoms with Crippen molar-refractivity contribution in [2.75, 3.05) is 5.32 Å². The summed E-state index contributed by atoms with van der Waals surface area (Å²) in [4.78, 5) is 19.1. The van der Waals surface area contributed by atoms with Crippen LogP contribution in [0.4, 0.5) is 5.95 Å². The number of hydrogen-bond donors (Lipinski definition) is 2. The first-order valence-corrected chi connectivity index (χ1v) is 5.99. The molecule has 0 amide bonds. The number of rotatable bonds is 5. The molecule has 2 rings (SSSR count). The highest BCUT2D eigenvalue weighted by Crippen LogP contribution is 2.29. The Bertz CT molecular complexity index is 385. The van der Waals surface area contributed by atoms with Gasteiger partial charge in [-0.3, -0.25) is 4.79 Å². The van der Waals surface area contributed by atoms with Gasteiger partial charge in [-0.1, -0.05) is 13.3 Å². The van der Waals surface area contributed by atoms with Crippen LogP contribution in [-0.2, 0) is 11.2 Å². The second kappa shape index (κ2) is 5.12. The number of nitrogens with zero attached hydrogens (tertiary/aromatic N) is 2. The molecule has 1 aromatic rings. The standard InChI is InChI=1S/C12H17N3O2/c1-2-3-8-6-13-12(14-7-8)15-10-4-9(5-10)11(16)17/h6-7,9-10H,2-5H2,1H3,(H,16,17)(H,13,14,15). The van der Waals surface area contributed by atoms with E-state index in [0.717, 1.165) is 18.4 Å². The molecule has 1 aliphatic rings. The second-order valence-corrected chi connectivity index (χ2v) is 4.51. The molecule has 1 saturated carbocycles. The second-order valence-electron chi connectivity index (χ2n) is 4.51. The molecular weight excluding hydrogens is 218 g/mol. The molecule has 1 fully saturated rings. The third-order valence-electron chi connectivity index (χ3n) is 3.06. The lowest BCUT2D eigenvalue weighted by molar-refractivity contribution is -0.144. The zero-order valence-corrected chi connectivity index (χ0v) is 9.89. The largest absolute Gasteiger partial charge is 0.481 e. The average molecular weight is 235 g/mol. The normalized spacial score (nSPS) is 22.9. The SMILES string of the molecule is CCCc1cnc(NC2CC(C(=O)O)C2)nc1. The van der Waals surface area contributed by atoms with Crippen molar-refractivity contribution in [1.82, 2.24) is 9.97 Å². The number of aryl methyl sites for hydroxylation is 1. The van der Waals surface area contributed by atoms with Gasteiger partial charge in [0.25, 0.3) is 0 Å². The number of nitrogens with one attached hydrogen (secondary N) is 1. The fourth-order valence-electron chi connectivity index (χ4n) is 1.97. The van der Waals surface area contributed by atoms with Gasteiger partial charge in [0.1, 0.15) is 0 Å². The van der Waals surface area contributed by atoms with Crippen LogP contribution in [0.1, 0.15) is 31.7 Å². The predicted molar refractivity (Wildman–Crippen MR) is 63.8 cm³/mol. The van der Waals surface area contributed by atoms with Crippen LogP contribution in [0.5, 0.6) is 0 Å². The van der Waals surface area contributed by atoms with Crippen LogP contribution in [0.3, 0.4) is 0 Å². The Kier molecular flexibility index (Phi) is 3.56. The molecule has 0 aromatic carbocycles. The Morgan fingerprint density at radius 2 is 2.12 bits per heavy atom. The Balaban J connectivity index is 1.82. The van der Waals surface area contributed by atoms with E-state index in [0.29, 0.717) is 18.8 Å². The first-order chi connectivity index (χ1) is 8.19. The van der Waals surface area contributed by atoms with Crippen LogP contribution in [0.25, 0.3) is 0 Å². The maximum absolute atomic E-state index is 10.6. The first-order valence-electron chi connectivity index (χ1n) is 5.99. The molecular formula is C12H17N3O2. The van der Waals surface area contributed by atoms with Gasteiger partial charge in [-0.2, -0.15) is 0 Å². The van der Waals surface area contributed by atoms with Crippen LogP contribution in [0, 0.1) is 5.92 Å². The lowest BCUT2D eigenvalue weighted by Gasteiger charge is -2.32. The Hall–Kier alpha value is -1.65. The molecule has 0 atom stereocenters. The van der Waals surface area contributed by atoms with E-state index in [-0.39, 0.29) is 12.0 Å². The molecule has 1 aromatic heterocycles. The van der Waals surface area contributed by atoms with E-state index in [2.05, 4.69) is 22.2 Å². The van der Waals surface area contributed by atoms with Crippen molar-refractivity contribution in [1.29, 1.82) is 0 Å². The maximum atomic E-state index is 10.6. The number of hydrogen-bond acceptors (Lipinski definition) is 4. The number of carbonyl (C=O) groups is 1. The molecule has 92 valence electrons. The van der Waals surface area contributed by atoms with Gasteiger partial charge in [-0.15, -0.1) is 0 Å². The molecule has 5 heteroatoms. The molecule has 0 saturated heterocycles. The van der Waals surface area contributed by atoms with Crippen LogP contribution in [-0.4, -0.2) is 27.1 Å². The number of anilines is 1. The number of aromatic nitrogens is 2. The zero-order valence-electron chi connectivity index (χ0n) is 9.89. The number of carboxylic acids is 1. The van der Waals surface area contributed by atoms with Gasteiger partial charge in [0.05, 0.1) is 5.92 Å². The predicted octanol–water partition coefficient (Wildman–Crippen LogP) is 1.70. The van der Waals surface area contributed by atoms with Crippen molar-refractivity contribution < 1.29 is 9.90 Å². The topological polar surface area (TPSA) is 75.1 Å². The monoisotopic (exact) mass is 235 g/mol. The summed E-state index contributed by atoms with van der Waals surface area (Å²) in [6.45, 7) is 2.12. The van der Waals surface area contributed by atoms with E-state index in [4.69, 9.17) is 5.11 Å². The fourth-order valence-corrected chi connectivity index (χ4v) is 1.97. The van der Waals surface area contributed by atoms with Gasteiger partial charge in [-0.05, 0) is 24.8 Å². The quantitative estimate of drug-likeness (QED) is 0.812. The van der Waals surface area contributed by atoms with E-state index in [1.54, 1.807) is 0 Å². The lowest BCUT2D eigenvalue weighted by atomic mass is 9.80. The van der Waals surface area contributed by atoms with Gasteiger partial charge >= 0.3 is 5.97 Å².